The number of anilines is 1. The Labute approximate surface area is 104 Å². The second-order valence-corrected chi connectivity index (χ2v) is 4.47. The lowest BCUT2D eigenvalue weighted by atomic mass is 10.3. The Bertz CT molecular complexity index is 613. The molecule has 0 saturated carbocycles. The van der Waals surface area contributed by atoms with Crippen molar-refractivity contribution < 1.29 is 4.79 Å². The summed E-state index contributed by atoms with van der Waals surface area (Å²) in [5.74, 6) is 0.172. The Morgan fingerprint density at radius 3 is 2.72 bits per heavy atom. The molecule has 7 heteroatoms. The van der Waals surface area contributed by atoms with E-state index in [9.17, 15) is 4.79 Å². The zero-order chi connectivity index (χ0) is 12.7. The van der Waals surface area contributed by atoms with Crippen LogP contribution >= 0.6 is 0 Å². The predicted molar refractivity (Wildman–Crippen MR) is 66.3 cm³/mol. The molecule has 2 aromatic rings. The lowest BCUT2D eigenvalue weighted by Gasteiger charge is -2.16. The van der Waals surface area contributed by atoms with Crippen molar-refractivity contribution in [1.29, 1.82) is 0 Å². The van der Waals surface area contributed by atoms with Gasteiger partial charge in [0.25, 0.3) is 5.91 Å². The van der Waals surface area contributed by atoms with Crippen LogP contribution in [0.25, 0.3) is 11.0 Å². The topological polar surface area (TPSA) is 89.9 Å². The number of rotatable bonds is 2. The zero-order valence-electron chi connectivity index (χ0n) is 10.1. The fourth-order valence-corrected chi connectivity index (χ4v) is 2.28. The quantitative estimate of drug-likeness (QED) is 0.809. The van der Waals surface area contributed by atoms with Crippen LogP contribution in [-0.2, 0) is 7.05 Å². The normalized spacial score (nSPS) is 15.5. The second kappa shape index (κ2) is 3.94. The number of nitrogens with zero attached hydrogens (tertiary/aromatic N) is 5. The van der Waals surface area contributed by atoms with E-state index >= 15 is 0 Å². The second-order valence-electron chi connectivity index (χ2n) is 4.47. The number of hydrogen-bond acceptors (Lipinski definition) is 5. The van der Waals surface area contributed by atoms with Crippen LogP contribution in [0.15, 0.2) is 6.20 Å². The summed E-state index contributed by atoms with van der Waals surface area (Å²) >= 11 is 0. The fourth-order valence-electron chi connectivity index (χ4n) is 2.28. The van der Waals surface area contributed by atoms with Crippen molar-refractivity contribution in [3.63, 3.8) is 0 Å². The van der Waals surface area contributed by atoms with Crippen molar-refractivity contribution in [2.45, 2.75) is 12.8 Å². The molecular weight excluding hydrogens is 232 g/mol. The smallest absolute Gasteiger partial charge is 0.286 e. The third kappa shape index (κ3) is 1.68. The van der Waals surface area contributed by atoms with E-state index in [1.54, 1.807) is 4.68 Å². The Morgan fingerprint density at radius 2 is 2.06 bits per heavy atom. The SMILES string of the molecule is Cn1cc2c(N3CCCC3)nc(C(N)=O)nc2n1. The average molecular weight is 246 g/mol. The van der Waals surface area contributed by atoms with Gasteiger partial charge in [-0.2, -0.15) is 5.10 Å². The molecule has 0 bridgehead atoms. The van der Waals surface area contributed by atoms with Gasteiger partial charge in [0.1, 0.15) is 5.82 Å². The van der Waals surface area contributed by atoms with Crippen LogP contribution in [0, 0.1) is 0 Å². The van der Waals surface area contributed by atoms with Crippen molar-refractivity contribution in [3.8, 4) is 0 Å². The molecule has 1 saturated heterocycles. The van der Waals surface area contributed by atoms with E-state index in [0.29, 0.717) is 5.65 Å². The molecule has 1 fully saturated rings. The van der Waals surface area contributed by atoms with Crippen LogP contribution in [0.3, 0.4) is 0 Å². The highest BCUT2D eigenvalue weighted by Crippen LogP contribution is 2.25. The Hall–Kier alpha value is -2.18. The first-order chi connectivity index (χ1) is 8.65. The average Bonchev–Trinajstić information content (AvgIpc) is 2.94. The Kier molecular flexibility index (Phi) is 2.39. The number of carbonyl (C=O) groups is 1. The van der Waals surface area contributed by atoms with Crippen LogP contribution in [-0.4, -0.2) is 38.7 Å². The highest BCUT2D eigenvalue weighted by atomic mass is 16.1. The molecule has 7 nitrogen and oxygen atoms in total. The predicted octanol–water partition coefficient (Wildman–Crippen LogP) is 0.0624. The van der Waals surface area contributed by atoms with Crippen molar-refractivity contribution >= 4 is 22.8 Å². The summed E-state index contributed by atoms with van der Waals surface area (Å²) in [6.07, 6.45) is 4.14. The number of carbonyl (C=O) groups excluding carboxylic acids is 1. The van der Waals surface area contributed by atoms with Crippen LogP contribution in [0.5, 0.6) is 0 Å². The molecule has 2 N–H and O–H groups in total. The van der Waals surface area contributed by atoms with Gasteiger partial charge in [-0.05, 0) is 12.8 Å². The van der Waals surface area contributed by atoms with Crippen LogP contribution < -0.4 is 10.6 Å². The van der Waals surface area contributed by atoms with Crippen molar-refractivity contribution in [2.24, 2.45) is 12.8 Å². The van der Waals surface area contributed by atoms with Gasteiger partial charge in [-0.1, -0.05) is 0 Å². The van der Waals surface area contributed by atoms with E-state index in [1.165, 1.54) is 0 Å². The molecule has 1 aliphatic heterocycles. The van der Waals surface area contributed by atoms with Gasteiger partial charge in [0.15, 0.2) is 5.65 Å². The minimum absolute atomic E-state index is 0.0306. The number of aromatic nitrogens is 4. The standard InChI is InChI=1S/C11H14N6O/c1-16-6-7-9(15-16)13-10(8(12)18)14-11(7)17-4-2-3-5-17/h6H,2-5H2,1H3,(H2,12,18). The van der Waals surface area contributed by atoms with Crippen molar-refractivity contribution in [1.82, 2.24) is 19.7 Å². The largest absolute Gasteiger partial charge is 0.363 e. The van der Waals surface area contributed by atoms with E-state index in [2.05, 4.69) is 20.0 Å². The highest BCUT2D eigenvalue weighted by molar-refractivity contribution is 5.94. The zero-order valence-corrected chi connectivity index (χ0v) is 10.1. The molecule has 18 heavy (non-hydrogen) atoms. The third-order valence-electron chi connectivity index (χ3n) is 3.10. The first kappa shape index (κ1) is 10.9. The summed E-state index contributed by atoms with van der Waals surface area (Å²) in [7, 11) is 1.82. The lowest BCUT2D eigenvalue weighted by Crippen LogP contribution is -2.22. The first-order valence-electron chi connectivity index (χ1n) is 5.91. The molecule has 2 aromatic heterocycles. The summed E-state index contributed by atoms with van der Waals surface area (Å²) in [6.45, 7) is 1.89. The van der Waals surface area contributed by atoms with Gasteiger partial charge >= 0.3 is 0 Å². The Morgan fingerprint density at radius 1 is 1.33 bits per heavy atom. The van der Waals surface area contributed by atoms with E-state index in [-0.39, 0.29) is 5.82 Å². The molecule has 1 amide bonds. The minimum Gasteiger partial charge on any atom is -0.363 e. The number of hydrogen-bond donors (Lipinski definition) is 1. The molecule has 3 heterocycles. The monoisotopic (exact) mass is 246 g/mol. The molecule has 3 rings (SSSR count). The van der Waals surface area contributed by atoms with E-state index in [0.717, 1.165) is 37.1 Å². The maximum atomic E-state index is 11.3. The van der Waals surface area contributed by atoms with Gasteiger partial charge in [0, 0.05) is 26.3 Å². The summed E-state index contributed by atoms with van der Waals surface area (Å²) in [5, 5.41) is 5.08. The van der Waals surface area contributed by atoms with Gasteiger partial charge < -0.3 is 10.6 Å². The van der Waals surface area contributed by atoms with Crippen LogP contribution in [0.2, 0.25) is 0 Å². The third-order valence-corrected chi connectivity index (χ3v) is 3.10. The number of aryl methyl sites for hydroxylation is 1. The summed E-state index contributed by atoms with van der Waals surface area (Å²) in [4.78, 5) is 21.8. The minimum atomic E-state index is -0.622. The maximum Gasteiger partial charge on any atom is 0.286 e. The molecule has 94 valence electrons. The molecular formula is C11H14N6O. The number of fused-ring (bicyclic) bond motifs is 1. The summed E-state index contributed by atoms with van der Waals surface area (Å²) in [5.41, 5.74) is 5.78. The van der Waals surface area contributed by atoms with E-state index < -0.39 is 5.91 Å². The first-order valence-corrected chi connectivity index (χ1v) is 5.91. The molecule has 0 atom stereocenters. The number of primary amides is 1. The Balaban J connectivity index is 2.22. The number of amides is 1. The van der Waals surface area contributed by atoms with Gasteiger partial charge in [-0.15, -0.1) is 0 Å². The van der Waals surface area contributed by atoms with Gasteiger partial charge in [-0.3, -0.25) is 9.48 Å². The molecule has 1 aliphatic rings. The maximum absolute atomic E-state index is 11.3. The van der Waals surface area contributed by atoms with Crippen LogP contribution in [0.4, 0.5) is 5.82 Å². The van der Waals surface area contributed by atoms with Gasteiger partial charge in [0.2, 0.25) is 5.82 Å². The molecule has 0 radical (unpaired) electrons. The highest BCUT2D eigenvalue weighted by Gasteiger charge is 2.21. The molecule has 0 spiro atoms. The van der Waals surface area contributed by atoms with Crippen molar-refractivity contribution in [3.05, 3.63) is 12.0 Å². The molecule has 0 aromatic carbocycles. The summed E-state index contributed by atoms with van der Waals surface area (Å²) < 4.78 is 1.67. The van der Waals surface area contributed by atoms with E-state index in [4.69, 9.17) is 5.73 Å². The van der Waals surface area contributed by atoms with Gasteiger partial charge in [0.05, 0.1) is 5.39 Å². The molecule has 0 aliphatic carbocycles. The van der Waals surface area contributed by atoms with Gasteiger partial charge in [-0.25, -0.2) is 9.97 Å². The molecule has 0 unspecified atom stereocenters. The fraction of sp³-hybridized carbons (Fsp3) is 0.455. The van der Waals surface area contributed by atoms with Crippen LogP contribution in [0.1, 0.15) is 23.5 Å². The van der Waals surface area contributed by atoms with E-state index in [1.807, 2.05) is 13.2 Å². The number of nitrogens with two attached hydrogens (primary N) is 1. The lowest BCUT2D eigenvalue weighted by molar-refractivity contribution is 0.0991. The summed E-state index contributed by atoms with van der Waals surface area (Å²) in [6, 6.07) is 0. The van der Waals surface area contributed by atoms with Crippen molar-refractivity contribution in [2.75, 3.05) is 18.0 Å².